The number of nitrogens with one attached hydrogen (secondary N) is 2. The minimum Gasteiger partial charge on any atom is -0.263 e. The lowest BCUT2D eigenvalue weighted by atomic mass is 10.3. The van der Waals surface area contributed by atoms with Crippen molar-refractivity contribution < 1.29 is 8.42 Å². The summed E-state index contributed by atoms with van der Waals surface area (Å²) in [7, 11) is -3.81. The van der Waals surface area contributed by atoms with E-state index < -0.39 is 10.0 Å². The Hall–Kier alpha value is -1.24. The lowest BCUT2D eigenvalue weighted by Gasteiger charge is -2.09. The summed E-state index contributed by atoms with van der Waals surface area (Å²) in [6.07, 6.45) is 2.22. The number of aryl methyl sites for hydroxylation is 1. The van der Waals surface area contributed by atoms with Crippen molar-refractivity contribution in [2.75, 3.05) is 4.72 Å². The third-order valence-electron chi connectivity index (χ3n) is 2.52. The van der Waals surface area contributed by atoms with E-state index in [9.17, 15) is 8.42 Å². The summed E-state index contributed by atoms with van der Waals surface area (Å²) in [5.41, 5.74) is 0.765. The second-order valence-electron chi connectivity index (χ2n) is 3.80. The lowest BCUT2D eigenvalue weighted by Crippen LogP contribution is -2.14. The van der Waals surface area contributed by atoms with E-state index in [0.717, 1.165) is 5.56 Å². The Morgan fingerprint density at radius 2 is 2.11 bits per heavy atom. The zero-order valence-electron chi connectivity index (χ0n) is 9.94. The smallest absolute Gasteiger partial charge is 0.263 e. The standard InChI is InChI=1S/C11H11Cl2N3O2S/c1-2-7-6-14-15-11(7)16-19(17,18)10-5-8(12)3-4-9(10)13/h3-6H,2H2,1H3,(H2,14,15,16). The molecular weight excluding hydrogens is 309 g/mol. The van der Waals surface area contributed by atoms with Gasteiger partial charge in [-0.15, -0.1) is 0 Å². The molecule has 0 aliphatic carbocycles. The molecule has 0 amide bonds. The monoisotopic (exact) mass is 319 g/mol. The predicted molar refractivity (Wildman–Crippen MR) is 75.2 cm³/mol. The van der Waals surface area contributed by atoms with E-state index in [1.165, 1.54) is 18.2 Å². The summed E-state index contributed by atoms with van der Waals surface area (Å²) in [6, 6.07) is 4.26. The zero-order chi connectivity index (χ0) is 14.0. The lowest BCUT2D eigenvalue weighted by molar-refractivity contribution is 0.601. The number of benzene rings is 1. The second kappa shape index (κ2) is 5.40. The topological polar surface area (TPSA) is 74.8 Å². The largest absolute Gasteiger partial charge is 0.264 e. The van der Waals surface area contributed by atoms with Gasteiger partial charge in [0, 0.05) is 10.6 Å². The van der Waals surface area contributed by atoms with Crippen LogP contribution in [0.1, 0.15) is 12.5 Å². The maximum Gasteiger partial charge on any atom is 0.264 e. The number of H-pyrrole nitrogens is 1. The number of sulfonamides is 1. The van der Waals surface area contributed by atoms with Gasteiger partial charge < -0.3 is 0 Å². The Morgan fingerprint density at radius 1 is 1.37 bits per heavy atom. The predicted octanol–water partition coefficient (Wildman–Crippen LogP) is 3.08. The van der Waals surface area contributed by atoms with Crippen LogP contribution in [0.2, 0.25) is 10.0 Å². The van der Waals surface area contributed by atoms with Gasteiger partial charge in [0.1, 0.15) is 10.7 Å². The van der Waals surface area contributed by atoms with Gasteiger partial charge in [0.2, 0.25) is 0 Å². The zero-order valence-corrected chi connectivity index (χ0v) is 12.3. The summed E-state index contributed by atoms with van der Waals surface area (Å²) >= 11 is 11.7. The number of anilines is 1. The molecule has 1 aromatic heterocycles. The molecular formula is C11H11Cl2N3O2S. The van der Waals surface area contributed by atoms with Crippen molar-refractivity contribution in [2.45, 2.75) is 18.2 Å². The Bertz CT molecular complexity index is 698. The first-order valence-electron chi connectivity index (χ1n) is 5.44. The molecule has 0 saturated carbocycles. The van der Waals surface area contributed by atoms with Crippen molar-refractivity contribution in [3.8, 4) is 0 Å². The van der Waals surface area contributed by atoms with Crippen LogP contribution >= 0.6 is 23.2 Å². The van der Waals surface area contributed by atoms with Crippen molar-refractivity contribution in [3.63, 3.8) is 0 Å². The Kier molecular flexibility index (Phi) is 4.03. The van der Waals surface area contributed by atoms with Crippen molar-refractivity contribution in [3.05, 3.63) is 40.0 Å². The number of nitrogens with zero attached hydrogens (tertiary/aromatic N) is 1. The fourth-order valence-electron chi connectivity index (χ4n) is 1.54. The SMILES string of the molecule is CCc1cn[nH]c1NS(=O)(=O)c1cc(Cl)ccc1Cl. The Morgan fingerprint density at radius 3 is 2.79 bits per heavy atom. The van der Waals surface area contributed by atoms with Gasteiger partial charge in [-0.25, -0.2) is 8.42 Å². The quantitative estimate of drug-likeness (QED) is 0.909. The summed E-state index contributed by atoms with van der Waals surface area (Å²) in [5, 5.41) is 6.80. The van der Waals surface area contributed by atoms with Crippen LogP contribution in [0.3, 0.4) is 0 Å². The summed E-state index contributed by atoms with van der Waals surface area (Å²) in [5.74, 6) is 0.332. The average Bonchev–Trinajstić information content (AvgIpc) is 2.78. The van der Waals surface area contributed by atoms with Gasteiger partial charge in [0.25, 0.3) is 10.0 Å². The molecule has 2 rings (SSSR count). The normalized spacial score (nSPS) is 11.5. The van der Waals surface area contributed by atoms with E-state index in [4.69, 9.17) is 23.2 Å². The highest BCUT2D eigenvalue weighted by atomic mass is 35.5. The van der Waals surface area contributed by atoms with Crippen LogP contribution in [-0.2, 0) is 16.4 Å². The number of aromatic nitrogens is 2. The van der Waals surface area contributed by atoms with Crippen LogP contribution in [0.15, 0.2) is 29.3 Å². The minimum atomic E-state index is -3.81. The van der Waals surface area contributed by atoms with Crippen LogP contribution < -0.4 is 4.72 Å². The number of halogens is 2. The molecule has 0 aliphatic heterocycles. The highest BCUT2D eigenvalue weighted by molar-refractivity contribution is 7.92. The molecule has 0 aliphatic rings. The maximum absolute atomic E-state index is 12.2. The first-order chi connectivity index (χ1) is 8.94. The summed E-state index contributed by atoms with van der Waals surface area (Å²) < 4.78 is 26.9. The van der Waals surface area contributed by atoms with Crippen LogP contribution in [-0.4, -0.2) is 18.6 Å². The highest BCUT2D eigenvalue weighted by Gasteiger charge is 2.20. The average molecular weight is 320 g/mol. The van der Waals surface area contributed by atoms with Crippen LogP contribution in [0.5, 0.6) is 0 Å². The van der Waals surface area contributed by atoms with E-state index >= 15 is 0 Å². The first kappa shape index (κ1) is 14.2. The number of rotatable bonds is 4. The van der Waals surface area contributed by atoms with Crippen molar-refractivity contribution >= 4 is 39.0 Å². The van der Waals surface area contributed by atoms with Gasteiger partial charge in [-0.3, -0.25) is 9.82 Å². The summed E-state index contributed by atoms with van der Waals surface area (Å²) in [6.45, 7) is 1.90. The molecule has 8 heteroatoms. The number of aromatic amines is 1. The Balaban J connectivity index is 2.41. The number of hydrogen-bond acceptors (Lipinski definition) is 3. The number of hydrogen-bond donors (Lipinski definition) is 2. The third kappa shape index (κ3) is 3.02. The highest BCUT2D eigenvalue weighted by Crippen LogP contribution is 2.27. The van der Waals surface area contributed by atoms with Gasteiger partial charge in [-0.1, -0.05) is 30.1 Å². The van der Waals surface area contributed by atoms with Gasteiger partial charge >= 0.3 is 0 Å². The fourth-order valence-corrected chi connectivity index (χ4v) is 3.36. The second-order valence-corrected chi connectivity index (χ2v) is 6.30. The molecule has 1 aromatic carbocycles. The molecule has 5 nitrogen and oxygen atoms in total. The molecule has 0 fully saturated rings. The van der Waals surface area contributed by atoms with Crippen molar-refractivity contribution in [1.29, 1.82) is 0 Å². The fraction of sp³-hybridized carbons (Fsp3) is 0.182. The molecule has 19 heavy (non-hydrogen) atoms. The molecule has 2 aromatic rings. The minimum absolute atomic E-state index is 0.0710. The Labute approximate surface area is 121 Å². The molecule has 0 atom stereocenters. The molecule has 0 bridgehead atoms. The van der Waals surface area contributed by atoms with E-state index in [1.54, 1.807) is 6.20 Å². The van der Waals surface area contributed by atoms with Crippen molar-refractivity contribution in [2.24, 2.45) is 0 Å². The van der Waals surface area contributed by atoms with Crippen LogP contribution in [0.4, 0.5) is 5.82 Å². The molecule has 0 unspecified atom stereocenters. The van der Waals surface area contributed by atoms with Gasteiger partial charge in [0.15, 0.2) is 0 Å². The maximum atomic E-state index is 12.2. The van der Waals surface area contributed by atoms with Gasteiger partial charge in [0.05, 0.1) is 11.2 Å². The van der Waals surface area contributed by atoms with Crippen LogP contribution in [0.25, 0.3) is 0 Å². The first-order valence-corrected chi connectivity index (χ1v) is 7.68. The van der Waals surface area contributed by atoms with Gasteiger partial charge in [-0.2, -0.15) is 5.10 Å². The molecule has 1 heterocycles. The van der Waals surface area contributed by atoms with Crippen LogP contribution in [0, 0.1) is 0 Å². The van der Waals surface area contributed by atoms with Crippen molar-refractivity contribution in [1.82, 2.24) is 10.2 Å². The molecule has 0 radical (unpaired) electrons. The molecule has 102 valence electrons. The third-order valence-corrected chi connectivity index (χ3v) is 4.58. The van der Waals surface area contributed by atoms with E-state index in [2.05, 4.69) is 14.9 Å². The summed E-state index contributed by atoms with van der Waals surface area (Å²) in [4.78, 5) is -0.0710. The van der Waals surface area contributed by atoms with E-state index in [1.807, 2.05) is 6.92 Å². The molecule has 2 N–H and O–H groups in total. The van der Waals surface area contributed by atoms with E-state index in [0.29, 0.717) is 17.3 Å². The van der Waals surface area contributed by atoms with E-state index in [-0.39, 0.29) is 9.92 Å². The molecule has 0 spiro atoms. The molecule has 0 saturated heterocycles. The van der Waals surface area contributed by atoms with Gasteiger partial charge in [-0.05, 0) is 24.6 Å².